The first-order chi connectivity index (χ1) is 7.15. The fraction of sp³-hybridized carbons (Fsp3) is 0. The molecule has 0 amide bonds. The number of benzene rings is 1. The Morgan fingerprint density at radius 3 is 1.69 bits per heavy atom. The van der Waals surface area contributed by atoms with Gasteiger partial charge in [0.1, 0.15) is 4.47 Å². The molecule has 88 valence electrons. The fourth-order valence-electron chi connectivity index (χ4n) is 0.589. The Balaban J connectivity index is 0.000000385. The maximum Gasteiger partial charge on any atom is 0.673 e. The molecule has 0 unspecified atom stereocenters. The molecule has 0 saturated heterocycles. The standard InChI is InChI=1S/C6H2Br3N2.BF4/c7-3-1-5(9)6(11-10)2-4(3)8;2-1(3,4)5/h1-2H;/q+1;-1. The lowest BCUT2D eigenvalue weighted by Crippen LogP contribution is -2.02. The van der Waals surface area contributed by atoms with E-state index in [0.29, 0.717) is 5.69 Å². The molecule has 1 aromatic carbocycles. The van der Waals surface area contributed by atoms with Crippen LogP contribution in [0.2, 0.25) is 0 Å². The Hall–Kier alpha value is -0.135. The highest BCUT2D eigenvalue weighted by Crippen LogP contribution is 2.34. The maximum absolute atomic E-state index is 9.75. The lowest BCUT2D eigenvalue weighted by Gasteiger charge is -1.94. The van der Waals surface area contributed by atoms with Crippen LogP contribution in [-0.2, 0) is 0 Å². The van der Waals surface area contributed by atoms with Crippen LogP contribution in [0.15, 0.2) is 25.6 Å². The third-order valence-electron chi connectivity index (χ3n) is 1.10. The molecule has 0 aromatic heterocycles. The second-order valence-corrected chi connectivity index (χ2v) is 4.88. The normalized spacial score (nSPS) is 10.1. The van der Waals surface area contributed by atoms with E-state index in [2.05, 4.69) is 52.8 Å². The topological polar surface area (TPSA) is 28.1 Å². The van der Waals surface area contributed by atoms with E-state index in [1.54, 1.807) is 12.1 Å². The van der Waals surface area contributed by atoms with Gasteiger partial charge in [-0.2, -0.15) is 0 Å². The molecule has 0 spiro atoms. The monoisotopic (exact) mass is 426 g/mol. The van der Waals surface area contributed by atoms with Gasteiger partial charge in [0.25, 0.3) is 0 Å². The van der Waals surface area contributed by atoms with E-state index < -0.39 is 7.25 Å². The van der Waals surface area contributed by atoms with Crippen LogP contribution < -0.4 is 0 Å². The van der Waals surface area contributed by atoms with Crippen molar-refractivity contribution in [2.24, 2.45) is 0 Å². The molecular weight excluding hydrogens is 427 g/mol. The van der Waals surface area contributed by atoms with Gasteiger partial charge in [-0.3, -0.25) is 0 Å². The summed E-state index contributed by atoms with van der Waals surface area (Å²) in [5.41, 5.74) is 0.500. The predicted octanol–water partition coefficient (Wildman–Crippen LogP) is 5.76. The molecule has 0 aliphatic carbocycles. The predicted molar refractivity (Wildman–Crippen MR) is 64.5 cm³/mol. The first-order valence-electron chi connectivity index (χ1n) is 3.52. The van der Waals surface area contributed by atoms with Crippen LogP contribution in [0.1, 0.15) is 0 Å². The Bertz CT molecular complexity index is 411. The molecular formula is C6H2BBr3F4N2. The molecule has 0 bridgehead atoms. The van der Waals surface area contributed by atoms with Gasteiger partial charge in [0.05, 0.1) is 6.07 Å². The number of halogens is 7. The molecule has 0 N–H and O–H groups in total. The van der Waals surface area contributed by atoms with Crippen molar-refractivity contribution in [2.45, 2.75) is 0 Å². The van der Waals surface area contributed by atoms with E-state index >= 15 is 0 Å². The number of nitrogens with zero attached hydrogens (tertiary/aromatic N) is 2. The lowest BCUT2D eigenvalue weighted by atomic mass is 10.3. The van der Waals surface area contributed by atoms with Crippen LogP contribution in [-0.4, -0.2) is 7.25 Å². The number of hydrogen-bond donors (Lipinski definition) is 0. The van der Waals surface area contributed by atoms with E-state index in [1.165, 1.54) is 0 Å². The molecule has 0 aliphatic heterocycles. The Kier molecular flexibility index (Phi) is 6.51. The van der Waals surface area contributed by atoms with E-state index in [1.807, 2.05) is 0 Å². The summed E-state index contributed by atoms with van der Waals surface area (Å²) in [6.45, 7) is 0. The van der Waals surface area contributed by atoms with Gasteiger partial charge in [0, 0.05) is 8.95 Å². The smallest absolute Gasteiger partial charge is 0.418 e. The molecule has 0 radical (unpaired) electrons. The van der Waals surface area contributed by atoms with Gasteiger partial charge < -0.3 is 17.3 Å². The van der Waals surface area contributed by atoms with Crippen molar-refractivity contribution in [1.82, 2.24) is 0 Å². The fourth-order valence-corrected chi connectivity index (χ4v) is 1.99. The molecule has 0 heterocycles. The van der Waals surface area contributed by atoms with E-state index in [0.717, 1.165) is 13.4 Å². The Morgan fingerprint density at radius 2 is 1.31 bits per heavy atom. The zero-order chi connectivity index (χ0) is 12.9. The summed E-state index contributed by atoms with van der Waals surface area (Å²) in [5.74, 6) is 0. The third-order valence-corrected chi connectivity index (χ3v) is 3.58. The number of rotatable bonds is 0. The summed E-state index contributed by atoms with van der Waals surface area (Å²) in [7, 11) is -6.00. The highest BCUT2D eigenvalue weighted by Gasteiger charge is 2.20. The van der Waals surface area contributed by atoms with Crippen molar-refractivity contribution in [3.8, 4) is 0 Å². The van der Waals surface area contributed by atoms with Crippen molar-refractivity contribution in [2.75, 3.05) is 0 Å². The molecule has 2 nitrogen and oxygen atoms in total. The van der Waals surface area contributed by atoms with Gasteiger partial charge in [-0.15, -0.1) is 0 Å². The maximum atomic E-state index is 9.75. The minimum atomic E-state index is -6.00. The van der Waals surface area contributed by atoms with Gasteiger partial charge in [0.2, 0.25) is 5.39 Å². The van der Waals surface area contributed by atoms with Crippen molar-refractivity contribution >= 4 is 60.7 Å². The van der Waals surface area contributed by atoms with Gasteiger partial charge in [-0.1, -0.05) is 0 Å². The highest BCUT2D eigenvalue weighted by atomic mass is 79.9. The zero-order valence-corrected chi connectivity index (χ0v) is 12.0. The van der Waals surface area contributed by atoms with Crippen molar-refractivity contribution in [3.63, 3.8) is 0 Å². The van der Waals surface area contributed by atoms with E-state index in [-0.39, 0.29) is 0 Å². The van der Waals surface area contributed by atoms with Crippen LogP contribution in [0.25, 0.3) is 4.98 Å². The van der Waals surface area contributed by atoms with E-state index in [4.69, 9.17) is 5.39 Å². The quantitative estimate of drug-likeness (QED) is 0.223. The Labute approximate surface area is 114 Å². The molecule has 0 atom stereocenters. The lowest BCUT2D eigenvalue weighted by molar-refractivity contribution is 0.368. The van der Waals surface area contributed by atoms with Gasteiger partial charge >= 0.3 is 12.9 Å². The molecule has 1 aromatic rings. The summed E-state index contributed by atoms with van der Waals surface area (Å²) < 4.78 is 41.5. The second kappa shape index (κ2) is 6.56. The summed E-state index contributed by atoms with van der Waals surface area (Å²) in [6.07, 6.45) is 0. The summed E-state index contributed by atoms with van der Waals surface area (Å²) >= 11 is 9.83. The SMILES string of the molecule is F[B-](F)(F)F.N#[N+]c1cc(Br)c(Br)cc1Br. The number of hydrogen-bond acceptors (Lipinski definition) is 1. The second-order valence-electron chi connectivity index (χ2n) is 2.31. The van der Waals surface area contributed by atoms with E-state index in [9.17, 15) is 17.3 Å². The molecule has 10 heteroatoms. The summed E-state index contributed by atoms with van der Waals surface area (Å²) in [4.78, 5) is 3.07. The number of diazo groups is 1. The highest BCUT2D eigenvalue weighted by molar-refractivity contribution is 9.13. The van der Waals surface area contributed by atoms with Crippen LogP contribution in [0.5, 0.6) is 0 Å². The van der Waals surface area contributed by atoms with Gasteiger partial charge in [-0.25, -0.2) is 0 Å². The van der Waals surface area contributed by atoms with Crippen molar-refractivity contribution in [3.05, 3.63) is 30.5 Å². The Morgan fingerprint density at radius 1 is 0.938 bits per heavy atom. The molecule has 0 saturated carbocycles. The average Bonchev–Trinajstić information content (AvgIpc) is 2.08. The molecule has 0 aliphatic rings. The summed E-state index contributed by atoms with van der Waals surface area (Å²) in [5, 5.41) is 8.49. The van der Waals surface area contributed by atoms with Crippen LogP contribution >= 0.6 is 47.8 Å². The molecule has 16 heavy (non-hydrogen) atoms. The van der Waals surface area contributed by atoms with Gasteiger partial charge in [0.15, 0.2) is 4.98 Å². The van der Waals surface area contributed by atoms with Gasteiger partial charge in [-0.05, 0) is 53.9 Å². The minimum Gasteiger partial charge on any atom is -0.418 e. The molecule has 0 fully saturated rings. The summed E-state index contributed by atoms with van der Waals surface area (Å²) in [6, 6.07) is 3.51. The van der Waals surface area contributed by atoms with Crippen molar-refractivity contribution < 1.29 is 17.3 Å². The van der Waals surface area contributed by atoms with Crippen molar-refractivity contribution in [1.29, 1.82) is 5.39 Å². The average molecular weight is 429 g/mol. The largest absolute Gasteiger partial charge is 0.673 e. The van der Waals surface area contributed by atoms with Crippen LogP contribution in [0.4, 0.5) is 23.0 Å². The zero-order valence-electron chi connectivity index (χ0n) is 7.27. The minimum absolute atomic E-state index is 0.500. The van der Waals surface area contributed by atoms with Crippen LogP contribution in [0, 0.1) is 5.39 Å². The first-order valence-corrected chi connectivity index (χ1v) is 5.90. The first kappa shape index (κ1) is 15.9. The van der Waals surface area contributed by atoms with Crippen LogP contribution in [0.3, 0.4) is 0 Å². The molecule has 1 rings (SSSR count). The third kappa shape index (κ3) is 7.19.